The fourth-order valence-corrected chi connectivity index (χ4v) is 4.11. The van der Waals surface area contributed by atoms with Crippen molar-refractivity contribution in [2.24, 2.45) is 0 Å². The van der Waals surface area contributed by atoms with Gasteiger partial charge in [-0.05, 0) is 25.0 Å². The van der Waals surface area contributed by atoms with E-state index < -0.39 is 11.7 Å². The van der Waals surface area contributed by atoms with Gasteiger partial charge in [0.2, 0.25) is 0 Å². The highest BCUT2D eigenvalue weighted by Gasteiger charge is 2.51. The Labute approximate surface area is 161 Å². The van der Waals surface area contributed by atoms with Crippen molar-refractivity contribution in [2.75, 3.05) is 37.8 Å². The number of hydrogen-bond acceptors (Lipinski definition) is 5. The summed E-state index contributed by atoms with van der Waals surface area (Å²) in [6.45, 7) is 0.648. The highest BCUT2D eigenvalue weighted by molar-refractivity contribution is 6.34. The number of nitrogen functional groups attached to an aromatic ring is 1. The number of likely N-dealkylation sites (N-methyl/N-ethyl adjacent to an activating group) is 1. The van der Waals surface area contributed by atoms with E-state index >= 15 is 4.39 Å². The zero-order valence-corrected chi connectivity index (χ0v) is 15.6. The number of nitrogens with one attached hydrogen (secondary N) is 1. The predicted octanol–water partition coefficient (Wildman–Crippen LogP) is 2.64. The van der Waals surface area contributed by atoms with Gasteiger partial charge in [-0.15, -0.1) is 0 Å². The number of carbonyl (C=O) groups is 1. The molecular weight excluding hydrogens is 371 g/mol. The first-order valence-corrected chi connectivity index (χ1v) is 9.15. The Kier molecular flexibility index (Phi) is 4.24. The number of aliphatic hydroxyl groups is 1. The van der Waals surface area contributed by atoms with Crippen molar-refractivity contribution < 1.29 is 14.3 Å². The van der Waals surface area contributed by atoms with Crippen LogP contribution >= 0.6 is 11.6 Å². The molecule has 0 bridgehead atoms. The monoisotopic (exact) mass is 390 g/mol. The number of amides is 1. The molecular formula is C19H20ClFN4O2. The van der Waals surface area contributed by atoms with Crippen LogP contribution in [0.3, 0.4) is 0 Å². The Morgan fingerprint density at radius 3 is 2.85 bits per heavy atom. The first-order chi connectivity index (χ1) is 12.9. The molecule has 0 radical (unpaired) electrons. The van der Waals surface area contributed by atoms with E-state index in [1.807, 2.05) is 0 Å². The highest BCUT2D eigenvalue weighted by atomic mass is 35.5. The molecule has 2 heterocycles. The van der Waals surface area contributed by atoms with E-state index in [9.17, 15) is 4.79 Å². The molecule has 142 valence electrons. The molecule has 4 rings (SSSR count). The Bertz CT molecular complexity index is 946. The van der Waals surface area contributed by atoms with Crippen LogP contribution in [0.2, 0.25) is 5.02 Å². The van der Waals surface area contributed by atoms with Gasteiger partial charge < -0.3 is 21.1 Å². The quantitative estimate of drug-likeness (QED) is 0.698. The molecule has 1 fully saturated rings. The molecule has 1 aliphatic heterocycles. The maximum absolute atomic E-state index is 15.3. The lowest BCUT2D eigenvalue weighted by molar-refractivity contribution is 0.0763. The number of pyridine rings is 1. The van der Waals surface area contributed by atoms with Crippen LogP contribution in [0.4, 0.5) is 15.9 Å². The maximum Gasteiger partial charge on any atom is 0.258 e. The molecule has 1 aromatic carbocycles. The Balaban J connectivity index is 1.83. The average molecular weight is 391 g/mol. The number of rotatable bonds is 4. The van der Waals surface area contributed by atoms with Crippen LogP contribution in [0, 0.1) is 5.82 Å². The van der Waals surface area contributed by atoms with Crippen molar-refractivity contribution in [1.29, 1.82) is 0 Å². The molecule has 1 amide bonds. The minimum Gasteiger partial charge on any atom is -0.398 e. The Morgan fingerprint density at radius 1 is 1.44 bits per heavy atom. The highest BCUT2D eigenvalue weighted by Crippen LogP contribution is 2.57. The van der Waals surface area contributed by atoms with E-state index in [0.717, 1.165) is 30.8 Å². The minimum atomic E-state index is -0.732. The topological polar surface area (TPSA) is 91.5 Å². The normalized spacial score (nSPS) is 16.1. The van der Waals surface area contributed by atoms with Gasteiger partial charge in [0.05, 0.1) is 17.2 Å². The number of fused-ring (bicyclic) bond motifs is 2. The second-order valence-electron chi connectivity index (χ2n) is 7.18. The number of nitrogens with zero attached hydrogens (tertiary/aromatic N) is 2. The summed E-state index contributed by atoms with van der Waals surface area (Å²) in [5.41, 5.74) is 7.26. The number of aromatic nitrogens is 1. The van der Waals surface area contributed by atoms with Crippen molar-refractivity contribution in [1.82, 2.24) is 9.88 Å². The molecule has 1 aliphatic carbocycles. The van der Waals surface area contributed by atoms with Gasteiger partial charge in [0.25, 0.3) is 5.91 Å². The van der Waals surface area contributed by atoms with E-state index in [2.05, 4.69) is 10.3 Å². The average Bonchev–Trinajstić information content (AvgIpc) is 3.31. The summed E-state index contributed by atoms with van der Waals surface area (Å²) >= 11 is 6.66. The molecule has 27 heavy (non-hydrogen) atoms. The minimum absolute atomic E-state index is 0.000294. The summed E-state index contributed by atoms with van der Waals surface area (Å²) in [5, 5.41) is 12.8. The zero-order valence-electron chi connectivity index (χ0n) is 14.9. The van der Waals surface area contributed by atoms with E-state index in [1.54, 1.807) is 0 Å². The fourth-order valence-electron chi connectivity index (χ4n) is 3.67. The van der Waals surface area contributed by atoms with Gasteiger partial charge in [-0.1, -0.05) is 11.6 Å². The molecule has 1 spiro atoms. The molecule has 2 aliphatic rings. The number of carbonyl (C=O) groups excluding carboxylic acids is 1. The van der Waals surface area contributed by atoms with Crippen LogP contribution in [0.5, 0.6) is 0 Å². The summed E-state index contributed by atoms with van der Waals surface area (Å²) in [4.78, 5) is 18.2. The first-order valence-electron chi connectivity index (χ1n) is 8.77. The van der Waals surface area contributed by atoms with Gasteiger partial charge in [0, 0.05) is 54.1 Å². The van der Waals surface area contributed by atoms with Crippen LogP contribution in [0.15, 0.2) is 18.3 Å². The third-order valence-electron chi connectivity index (χ3n) is 5.45. The summed E-state index contributed by atoms with van der Waals surface area (Å²) in [6.07, 6.45) is 3.57. The van der Waals surface area contributed by atoms with Crippen molar-refractivity contribution >= 4 is 29.0 Å². The van der Waals surface area contributed by atoms with E-state index in [4.69, 9.17) is 22.4 Å². The van der Waals surface area contributed by atoms with Gasteiger partial charge in [-0.2, -0.15) is 0 Å². The lowest BCUT2D eigenvalue weighted by Crippen LogP contribution is -2.31. The van der Waals surface area contributed by atoms with Gasteiger partial charge >= 0.3 is 0 Å². The van der Waals surface area contributed by atoms with E-state index in [-0.39, 0.29) is 35.4 Å². The maximum atomic E-state index is 15.3. The van der Waals surface area contributed by atoms with E-state index in [0.29, 0.717) is 10.6 Å². The summed E-state index contributed by atoms with van der Waals surface area (Å²) in [7, 11) is 1.48. The SMILES string of the molecule is CN(CCO)C(=O)c1c(N)ccc(-c2cnc3c(c2Cl)C2(CC2)CN3)c1F. The number of halogens is 2. The number of aliphatic hydroxyl groups excluding tert-OH is 1. The lowest BCUT2D eigenvalue weighted by Gasteiger charge is -2.19. The van der Waals surface area contributed by atoms with Crippen molar-refractivity contribution in [2.45, 2.75) is 18.3 Å². The van der Waals surface area contributed by atoms with Crippen molar-refractivity contribution in [3.8, 4) is 11.1 Å². The van der Waals surface area contributed by atoms with Crippen molar-refractivity contribution in [3.63, 3.8) is 0 Å². The molecule has 1 saturated carbocycles. The smallest absolute Gasteiger partial charge is 0.258 e. The molecule has 0 atom stereocenters. The number of hydrogen-bond donors (Lipinski definition) is 3. The zero-order chi connectivity index (χ0) is 19.3. The third-order valence-corrected chi connectivity index (χ3v) is 5.85. The molecule has 8 heteroatoms. The van der Waals surface area contributed by atoms with Gasteiger partial charge in [0.15, 0.2) is 0 Å². The first kappa shape index (κ1) is 18.0. The van der Waals surface area contributed by atoms with Crippen LogP contribution in [-0.4, -0.2) is 47.6 Å². The second kappa shape index (κ2) is 6.35. The van der Waals surface area contributed by atoms with Gasteiger partial charge in [-0.3, -0.25) is 4.79 Å². The number of benzene rings is 1. The predicted molar refractivity (Wildman–Crippen MR) is 103 cm³/mol. The van der Waals surface area contributed by atoms with Crippen LogP contribution in [0.25, 0.3) is 11.1 Å². The molecule has 1 aromatic heterocycles. The standard InChI is InChI=1S/C19H20ClFN4O2/c1-25(6-7-26)18(27)13-12(22)3-2-10(16(13)21)11-8-23-17-14(15(11)20)19(4-5-19)9-24-17/h2-3,8,26H,4-7,9,22H2,1H3,(H,23,24). The van der Waals surface area contributed by atoms with Gasteiger partial charge in [0.1, 0.15) is 11.6 Å². The summed E-state index contributed by atoms with van der Waals surface area (Å²) in [6, 6.07) is 3.01. The third kappa shape index (κ3) is 2.73. The van der Waals surface area contributed by atoms with Crippen LogP contribution in [0.1, 0.15) is 28.8 Å². The molecule has 2 aromatic rings. The van der Waals surface area contributed by atoms with Gasteiger partial charge in [-0.25, -0.2) is 9.37 Å². The molecule has 0 unspecified atom stereocenters. The Morgan fingerprint density at radius 2 is 2.19 bits per heavy atom. The number of anilines is 2. The number of nitrogens with two attached hydrogens (primary N) is 1. The molecule has 6 nitrogen and oxygen atoms in total. The van der Waals surface area contributed by atoms with E-state index in [1.165, 1.54) is 30.3 Å². The largest absolute Gasteiger partial charge is 0.398 e. The van der Waals surface area contributed by atoms with Crippen LogP contribution in [-0.2, 0) is 5.41 Å². The molecule has 0 saturated heterocycles. The lowest BCUT2D eigenvalue weighted by atomic mass is 9.95. The van der Waals surface area contributed by atoms with Crippen LogP contribution < -0.4 is 11.1 Å². The summed E-state index contributed by atoms with van der Waals surface area (Å²) < 4.78 is 15.3. The Hall–Kier alpha value is -2.38. The fraction of sp³-hybridized carbons (Fsp3) is 0.368. The molecule has 4 N–H and O–H groups in total. The second-order valence-corrected chi connectivity index (χ2v) is 7.56. The summed E-state index contributed by atoms with van der Waals surface area (Å²) in [5.74, 6) is -0.577. The van der Waals surface area contributed by atoms with Crippen molar-refractivity contribution in [3.05, 3.63) is 40.3 Å².